The lowest BCUT2D eigenvalue weighted by Gasteiger charge is -2.18. The SMILES string of the molecule is CC(C)OC(=O)C(COP(=O)(O)O)OP(=O)(O)O. The second-order valence-corrected chi connectivity index (χ2v) is 5.79. The van der Waals surface area contributed by atoms with Gasteiger partial charge in [0.25, 0.3) is 0 Å². The Morgan fingerprint density at radius 1 is 1.11 bits per heavy atom. The molecular weight excluding hydrogens is 294 g/mol. The summed E-state index contributed by atoms with van der Waals surface area (Å²) in [6.07, 6.45) is -2.55. The standard InChI is InChI=1S/C6H14O10P2/c1-4(2)15-6(7)5(16-18(11,12)13)3-14-17(8,9)10/h4-5H,3H2,1-2H3,(H2,8,9,10)(H2,11,12,13). The molecule has 108 valence electrons. The Labute approximate surface area is 102 Å². The number of hydrogen-bond donors (Lipinski definition) is 4. The molecule has 0 aromatic heterocycles. The van der Waals surface area contributed by atoms with Gasteiger partial charge in [0, 0.05) is 0 Å². The van der Waals surface area contributed by atoms with Gasteiger partial charge in [-0.1, -0.05) is 0 Å². The lowest BCUT2D eigenvalue weighted by molar-refractivity contribution is -0.158. The molecule has 12 heteroatoms. The summed E-state index contributed by atoms with van der Waals surface area (Å²) in [5, 5.41) is 0. The number of carbonyl (C=O) groups is 1. The molecule has 1 unspecified atom stereocenters. The van der Waals surface area contributed by atoms with Crippen LogP contribution in [0.4, 0.5) is 0 Å². The molecule has 0 rings (SSSR count). The van der Waals surface area contributed by atoms with E-state index in [1.807, 2.05) is 0 Å². The average molecular weight is 308 g/mol. The number of ether oxygens (including phenoxy) is 1. The van der Waals surface area contributed by atoms with E-state index in [0.717, 1.165) is 0 Å². The van der Waals surface area contributed by atoms with Gasteiger partial charge in [0.2, 0.25) is 0 Å². The summed E-state index contributed by atoms with van der Waals surface area (Å²) in [7, 11) is -9.93. The van der Waals surface area contributed by atoms with E-state index >= 15 is 0 Å². The molecule has 0 aliphatic carbocycles. The van der Waals surface area contributed by atoms with Gasteiger partial charge in [-0.15, -0.1) is 0 Å². The second-order valence-electron chi connectivity index (χ2n) is 3.36. The number of phosphoric ester groups is 2. The highest BCUT2D eigenvalue weighted by Gasteiger charge is 2.32. The van der Waals surface area contributed by atoms with Crippen molar-refractivity contribution >= 4 is 21.6 Å². The van der Waals surface area contributed by atoms with Gasteiger partial charge in [0.05, 0.1) is 12.7 Å². The zero-order chi connectivity index (χ0) is 14.6. The van der Waals surface area contributed by atoms with Crippen LogP contribution in [0.3, 0.4) is 0 Å². The predicted octanol–water partition coefficient (Wildman–Crippen LogP) is -0.475. The molecule has 18 heavy (non-hydrogen) atoms. The minimum Gasteiger partial charge on any atom is -0.461 e. The molecule has 0 amide bonds. The normalized spacial score (nSPS) is 14.6. The third-order valence-electron chi connectivity index (χ3n) is 1.27. The quantitative estimate of drug-likeness (QED) is 0.357. The molecule has 0 aromatic carbocycles. The van der Waals surface area contributed by atoms with Crippen LogP contribution in [-0.2, 0) is 27.7 Å². The lowest BCUT2D eigenvalue weighted by Crippen LogP contribution is -2.31. The Morgan fingerprint density at radius 2 is 1.61 bits per heavy atom. The van der Waals surface area contributed by atoms with E-state index in [2.05, 4.69) is 13.8 Å². The van der Waals surface area contributed by atoms with E-state index in [0.29, 0.717) is 0 Å². The Balaban J connectivity index is 4.67. The van der Waals surface area contributed by atoms with E-state index in [1.165, 1.54) is 13.8 Å². The Kier molecular flexibility index (Phi) is 6.62. The number of phosphoric acid groups is 2. The molecule has 0 aliphatic rings. The first-order chi connectivity index (χ1) is 7.91. The minimum absolute atomic E-state index is 0.601. The summed E-state index contributed by atoms with van der Waals surface area (Å²) in [5.41, 5.74) is 0. The van der Waals surface area contributed by atoms with E-state index < -0.39 is 40.4 Å². The monoisotopic (exact) mass is 308 g/mol. The van der Waals surface area contributed by atoms with Crippen LogP contribution in [-0.4, -0.2) is 44.4 Å². The number of rotatable bonds is 7. The molecule has 1 atom stereocenters. The van der Waals surface area contributed by atoms with Crippen LogP contribution in [0.1, 0.15) is 13.8 Å². The Hall–Kier alpha value is -0.310. The van der Waals surface area contributed by atoms with E-state index in [-0.39, 0.29) is 0 Å². The number of esters is 1. The van der Waals surface area contributed by atoms with E-state index in [4.69, 9.17) is 19.6 Å². The van der Waals surface area contributed by atoms with Crippen molar-refractivity contribution in [2.45, 2.75) is 26.1 Å². The van der Waals surface area contributed by atoms with E-state index in [1.54, 1.807) is 0 Å². The largest absolute Gasteiger partial charge is 0.470 e. The highest BCUT2D eigenvalue weighted by Crippen LogP contribution is 2.40. The van der Waals surface area contributed by atoms with Gasteiger partial charge in [-0.25, -0.2) is 13.9 Å². The van der Waals surface area contributed by atoms with Gasteiger partial charge in [0.1, 0.15) is 0 Å². The van der Waals surface area contributed by atoms with Crippen molar-refractivity contribution in [1.29, 1.82) is 0 Å². The summed E-state index contributed by atoms with van der Waals surface area (Å²) in [6, 6.07) is 0. The fourth-order valence-corrected chi connectivity index (χ4v) is 1.59. The second kappa shape index (κ2) is 6.74. The van der Waals surface area contributed by atoms with E-state index in [9.17, 15) is 13.9 Å². The minimum atomic E-state index is -5.03. The zero-order valence-electron chi connectivity index (χ0n) is 9.49. The zero-order valence-corrected chi connectivity index (χ0v) is 11.3. The van der Waals surface area contributed by atoms with Crippen molar-refractivity contribution in [2.24, 2.45) is 0 Å². The maximum absolute atomic E-state index is 11.3. The average Bonchev–Trinajstić information content (AvgIpc) is 2.07. The summed E-state index contributed by atoms with van der Waals surface area (Å²) in [6.45, 7) is 1.88. The van der Waals surface area contributed by atoms with Crippen molar-refractivity contribution in [3.8, 4) is 0 Å². The first-order valence-corrected chi connectivity index (χ1v) is 7.61. The highest BCUT2D eigenvalue weighted by molar-refractivity contribution is 7.46. The molecule has 0 saturated heterocycles. The van der Waals surface area contributed by atoms with Crippen molar-refractivity contribution < 1.29 is 47.3 Å². The summed E-state index contributed by atoms with van der Waals surface area (Å²) in [5.74, 6) is -1.21. The molecule has 0 radical (unpaired) electrons. The molecule has 0 spiro atoms. The van der Waals surface area contributed by atoms with Crippen molar-refractivity contribution in [2.75, 3.05) is 6.61 Å². The summed E-state index contributed by atoms with van der Waals surface area (Å²) in [4.78, 5) is 45.2. The third-order valence-corrected chi connectivity index (χ3v) is 2.29. The van der Waals surface area contributed by atoms with Crippen LogP contribution in [0.15, 0.2) is 0 Å². The third kappa shape index (κ3) is 9.69. The first kappa shape index (κ1) is 17.7. The molecular formula is C6H14O10P2. The van der Waals surface area contributed by atoms with Crippen LogP contribution < -0.4 is 0 Å². The van der Waals surface area contributed by atoms with Crippen LogP contribution in [0, 0.1) is 0 Å². The van der Waals surface area contributed by atoms with Crippen molar-refractivity contribution in [1.82, 2.24) is 0 Å². The van der Waals surface area contributed by atoms with Gasteiger partial charge in [-0.3, -0.25) is 9.05 Å². The molecule has 0 aliphatic heterocycles. The number of carbonyl (C=O) groups excluding carboxylic acids is 1. The Morgan fingerprint density at radius 3 is 1.94 bits per heavy atom. The maximum atomic E-state index is 11.3. The van der Waals surface area contributed by atoms with Crippen molar-refractivity contribution in [3.05, 3.63) is 0 Å². The Bertz CT molecular complexity index is 367. The maximum Gasteiger partial charge on any atom is 0.470 e. The molecule has 0 fully saturated rings. The first-order valence-electron chi connectivity index (χ1n) is 4.55. The van der Waals surface area contributed by atoms with Crippen molar-refractivity contribution in [3.63, 3.8) is 0 Å². The fraction of sp³-hybridized carbons (Fsp3) is 0.833. The van der Waals surface area contributed by atoms with Gasteiger partial charge in [0.15, 0.2) is 6.10 Å². The van der Waals surface area contributed by atoms with Gasteiger partial charge >= 0.3 is 21.6 Å². The summed E-state index contributed by atoms with van der Waals surface area (Å²) >= 11 is 0. The van der Waals surface area contributed by atoms with Gasteiger partial charge in [-0.05, 0) is 13.8 Å². The fourth-order valence-electron chi connectivity index (χ4n) is 0.780. The van der Waals surface area contributed by atoms with Crippen LogP contribution >= 0.6 is 15.6 Å². The van der Waals surface area contributed by atoms with Crippen LogP contribution in [0.2, 0.25) is 0 Å². The van der Waals surface area contributed by atoms with Crippen LogP contribution in [0.25, 0.3) is 0 Å². The predicted molar refractivity (Wildman–Crippen MR) is 56.1 cm³/mol. The highest BCUT2D eigenvalue weighted by atomic mass is 31.2. The molecule has 4 N–H and O–H groups in total. The molecule has 0 heterocycles. The smallest absolute Gasteiger partial charge is 0.461 e. The molecule has 10 nitrogen and oxygen atoms in total. The topological polar surface area (TPSA) is 160 Å². The van der Waals surface area contributed by atoms with Gasteiger partial charge < -0.3 is 24.3 Å². The summed E-state index contributed by atoms with van der Waals surface area (Å²) < 4.78 is 33.5. The molecule has 0 bridgehead atoms. The lowest BCUT2D eigenvalue weighted by atomic mass is 10.4. The van der Waals surface area contributed by atoms with Crippen LogP contribution in [0.5, 0.6) is 0 Å². The number of hydrogen-bond acceptors (Lipinski definition) is 6. The molecule has 0 aromatic rings. The molecule has 0 saturated carbocycles. The van der Waals surface area contributed by atoms with Gasteiger partial charge in [-0.2, -0.15) is 0 Å².